The molecule has 2 rings (SSSR count). The standard InChI is InChI=1S/C13H17N3O/c1-9-4-6-17-13(9)11(15-2)7-10-3-5-16-12(14)8-10/h3-6,8,11,15H,7H2,1-2H3,(H2,14,16). The number of pyridine rings is 1. The zero-order valence-corrected chi connectivity index (χ0v) is 10.1. The second-order valence-corrected chi connectivity index (χ2v) is 4.10. The van der Waals surface area contributed by atoms with Crippen molar-refractivity contribution in [1.82, 2.24) is 10.3 Å². The molecule has 1 unspecified atom stereocenters. The van der Waals surface area contributed by atoms with E-state index in [1.807, 2.05) is 32.2 Å². The maximum Gasteiger partial charge on any atom is 0.123 e. The summed E-state index contributed by atoms with van der Waals surface area (Å²) in [5.41, 5.74) is 7.97. The number of likely N-dealkylation sites (N-methyl/N-ethyl adjacent to an activating group) is 1. The summed E-state index contributed by atoms with van der Waals surface area (Å²) in [6.07, 6.45) is 4.28. The number of nitrogens with zero attached hydrogens (tertiary/aromatic N) is 1. The largest absolute Gasteiger partial charge is 0.467 e. The third-order valence-electron chi connectivity index (χ3n) is 2.85. The molecule has 17 heavy (non-hydrogen) atoms. The molecule has 4 nitrogen and oxygen atoms in total. The summed E-state index contributed by atoms with van der Waals surface area (Å²) >= 11 is 0. The number of furan rings is 1. The van der Waals surface area contributed by atoms with Gasteiger partial charge in [0, 0.05) is 6.20 Å². The highest BCUT2D eigenvalue weighted by Gasteiger charge is 2.15. The van der Waals surface area contributed by atoms with E-state index >= 15 is 0 Å². The Hall–Kier alpha value is -1.81. The molecule has 0 amide bonds. The molecule has 3 N–H and O–H groups in total. The van der Waals surface area contributed by atoms with Crippen molar-refractivity contribution >= 4 is 5.82 Å². The van der Waals surface area contributed by atoms with Gasteiger partial charge in [-0.25, -0.2) is 4.98 Å². The zero-order valence-electron chi connectivity index (χ0n) is 10.1. The molecule has 0 bridgehead atoms. The Kier molecular flexibility index (Phi) is 3.44. The smallest absolute Gasteiger partial charge is 0.123 e. The van der Waals surface area contributed by atoms with E-state index in [0.717, 1.165) is 23.3 Å². The van der Waals surface area contributed by atoms with Crippen LogP contribution in [0.2, 0.25) is 0 Å². The Labute approximate surface area is 101 Å². The Bertz CT molecular complexity index is 493. The van der Waals surface area contributed by atoms with E-state index < -0.39 is 0 Å². The first kappa shape index (κ1) is 11.7. The molecule has 2 aromatic heterocycles. The minimum atomic E-state index is 0.159. The first-order valence-corrected chi connectivity index (χ1v) is 5.62. The van der Waals surface area contributed by atoms with Crippen LogP contribution in [0.1, 0.15) is 22.9 Å². The molecule has 0 fully saturated rings. The van der Waals surface area contributed by atoms with Crippen LogP contribution in [0.4, 0.5) is 5.82 Å². The number of aryl methyl sites for hydroxylation is 1. The summed E-state index contributed by atoms with van der Waals surface area (Å²) in [6.45, 7) is 2.05. The van der Waals surface area contributed by atoms with Crippen molar-refractivity contribution in [3.63, 3.8) is 0 Å². The first-order valence-electron chi connectivity index (χ1n) is 5.62. The summed E-state index contributed by atoms with van der Waals surface area (Å²) in [4.78, 5) is 3.99. The highest BCUT2D eigenvalue weighted by molar-refractivity contribution is 5.33. The lowest BCUT2D eigenvalue weighted by atomic mass is 10.0. The van der Waals surface area contributed by atoms with E-state index in [0.29, 0.717) is 5.82 Å². The zero-order chi connectivity index (χ0) is 12.3. The lowest BCUT2D eigenvalue weighted by Crippen LogP contribution is -2.19. The van der Waals surface area contributed by atoms with E-state index in [-0.39, 0.29) is 6.04 Å². The number of hydrogen-bond acceptors (Lipinski definition) is 4. The highest BCUT2D eigenvalue weighted by atomic mass is 16.3. The summed E-state index contributed by atoms with van der Waals surface area (Å²) in [6, 6.07) is 5.99. The molecule has 0 aliphatic heterocycles. The predicted octanol–water partition coefficient (Wildman–Crippen LogP) is 2.07. The lowest BCUT2D eigenvalue weighted by molar-refractivity contribution is 0.426. The molecule has 0 radical (unpaired) electrons. The molecule has 90 valence electrons. The van der Waals surface area contributed by atoms with Crippen LogP contribution in [0.25, 0.3) is 0 Å². The van der Waals surface area contributed by atoms with Crippen molar-refractivity contribution in [3.8, 4) is 0 Å². The lowest BCUT2D eigenvalue weighted by Gasteiger charge is -2.15. The van der Waals surface area contributed by atoms with Gasteiger partial charge in [0.1, 0.15) is 11.6 Å². The van der Waals surface area contributed by atoms with Gasteiger partial charge in [0.05, 0.1) is 12.3 Å². The molecule has 0 saturated carbocycles. The molecule has 0 aliphatic carbocycles. The van der Waals surface area contributed by atoms with Crippen molar-refractivity contribution in [3.05, 3.63) is 47.5 Å². The Morgan fingerprint density at radius 2 is 2.29 bits per heavy atom. The fourth-order valence-electron chi connectivity index (χ4n) is 1.92. The second kappa shape index (κ2) is 5.01. The van der Waals surface area contributed by atoms with Crippen LogP contribution >= 0.6 is 0 Å². The highest BCUT2D eigenvalue weighted by Crippen LogP contribution is 2.22. The molecule has 1 atom stereocenters. The SMILES string of the molecule is CNC(Cc1ccnc(N)c1)c1occc1C. The van der Waals surface area contributed by atoms with E-state index in [4.69, 9.17) is 10.2 Å². The molecule has 0 spiro atoms. The maximum absolute atomic E-state index is 5.67. The van der Waals surface area contributed by atoms with Crippen LogP contribution in [0.3, 0.4) is 0 Å². The van der Waals surface area contributed by atoms with E-state index in [1.54, 1.807) is 12.5 Å². The normalized spacial score (nSPS) is 12.6. The van der Waals surface area contributed by atoms with Gasteiger partial charge < -0.3 is 15.5 Å². The van der Waals surface area contributed by atoms with Crippen molar-refractivity contribution in [1.29, 1.82) is 0 Å². The average molecular weight is 231 g/mol. The molecule has 0 saturated heterocycles. The maximum atomic E-state index is 5.67. The second-order valence-electron chi connectivity index (χ2n) is 4.10. The van der Waals surface area contributed by atoms with Crippen LogP contribution < -0.4 is 11.1 Å². The van der Waals surface area contributed by atoms with Crippen molar-refractivity contribution < 1.29 is 4.42 Å². The van der Waals surface area contributed by atoms with E-state index in [1.165, 1.54) is 0 Å². The molecule has 0 aromatic carbocycles. The molecule has 2 aromatic rings. The minimum absolute atomic E-state index is 0.159. The van der Waals surface area contributed by atoms with E-state index in [9.17, 15) is 0 Å². The Balaban J connectivity index is 2.19. The van der Waals surface area contributed by atoms with Gasteiger partial charge >= 0.3 is 0 Å². The fourth-order valence-corrected chi connectivity index (χ4v) is 1.92. The quantitative estimate of drug-likeness (QED) is 0.845. The van der Waals surface area contributed by atoms with Crippen molar-refractivity contribution in [2.45, 2.75) is 19.4 Å². The third kappa shape index (κ3) is 2.65. The number of nitrogens with two attached hydrogens (primary N) is 1. The van der Waals surface area contributed by atoms with Gasteiger partial charge in [-0.05, 0) is 49.7 Å². The minimum Gasteiger partial charge on any atom is -0.467 e. The van der Waals surface area contributed by atoms with Crippen LogP contribution in [0.15, 0.2) is 35.1 Å². The van der Waals surface area contributed by atoms with Crippen molar-refractivity contribution in [2.24, 2.45) is 0 Å². The number of anilines is 1. The monoisotopic (exact) mass is 231 g/mol. The van der Waals surface area contributed by atoms with Gasteiger partial charge in [-0.1, -0.05) is 0 Å². The predicted molar refractivity (Wildman–Crippen MR) is 67.6 cm³/mol. The van der Waals surface area contributed by atoms with Gasteiger partial charge in [0.25, 0.3) is 0 Å². The Morgan fingerprint density at radius 3 is 2.88 bits per heavy atom. The third-order valence-corrected chi connectivity index (χ3v) is 2.85. The number of rotatable bonds is 4. The van der Waals surface area contributed by atoms with Crippen LogP contribution in [-0.2, 0) is 6.42 Å². The molecule has 2 heterocycles. The molecule has 0 aliphatic rings. The van der Waals surface area contributed by atoms with Gasteiger partial charge in [0.15, 0.2) is 0 Å². The van der Waals surface area contributed by atoms with Crippen molar-refractivity contribution in [2.75, 3.05) is 12.8 Å². The van der Waals surface area contributed by atoms with Gasteiger partial charge in [-0.15, -0.1) is 0 Å². The number of hydrogen-bond donors (Lipinski definition) is 2. The van der Waals surface area contributed by atoms with E-state index in [2.05, 4.69) is 10.3 Å². The fraction of sp³-hybridized carbons (Fsp3) is 0.308. The van der Waals surface area contributed by atoms with Gasteiger partial charge in [-0.2, -0.15) is 0 Å². The summed E-state index contributed by atoms with van der Waals surface area (Å²) in [7, 11) is 1.93. The van der Waals surface area contributed by atoms with Gasteiger partial charge in [0.2, 0.25) is 0 Å². The summed E-state index contributed by atoms with van der Waals surface area (Å²) < 4.78 is 5.51. The topological polar surface area (TPSA) is 64.1 Å². The summed E-state index contributed by atoms with van der Waals surface area (Å²) in [5, 5.41) is 3.26. The first-order chi connectivity index (χ1) is 8.20. The van der Waals surface area contributed by atoms with Crippen LogP contribution in [-0.4, -0.2) is 12.0 Å². The van der Waals surface area contributed by atoms with Crippen LogP contribution in [0.5, 0.6) is 0 Å². The number of aromatic nitrogens is 1. The molecular weight excluding hydrogens is 214 g/mol. The molecule has 4 heteroatoms. The number of nitrogen functional groups attached to an aromatic ring is 1. The van der Waals surface area contributed by atoms with Gasteiger partial charge in [-0.3, -0.25) is 0 Å². The number of nitrogens with one attached hydrogen (secondary N) is 1. The molecular formula is C13H17N3O. The summed E-state index contributed by atoms with van der Waals surface area (Å²) in [5.74, 6) is 1.52. The average Bonchev–Trinajstić information content (AvgIpc) is 2.72. The van der Waals surface area contributed by atoms with Crippen LogP contribution in [0, 0.1) is 6.92 Å². The Morgan fingerprint density at radius 1 is 1.47 bits per heavy atom.